The van der Waals surface area contributed by atoms with E-state index in [1.807, 2.05) is 72.8 Å². The summed E-state index contributed by atoms with van der Waals surface area (Å²) in [6.07, 6.45) is 0.350. The largest absolute Gasteiger partial charge is 1.00 e. The van der Waals surface area contributed by atoms with Crippen LogP contribution in [0.2, 0.25) is 0 Å². The van der Waals surface area contributed by atoms with Gasteiger partial charge < -0.3 is 9.11 Å². The summed E-state index contributed by atoms with van der Waals surface area (Å²) in [5.74, 6) is 0. The molecule has 0 heterocycles. The van der Waals surface area contributed by atoms with E-state index < -0.39 is 30.0 Å². The first-order valence-electron chi connectivity index (χ1n) is 13.7. The maximum absolute atomic E-state index is 13.0. The Morgan fingerprint density at radius 1 is 0.444 bits per heavy atom. The van der Waals surface area contributed by atoms with Gasteiger partial charge in [-0.25, -0.2) is 16.8 Å². The molecule has 0 unspecified atom stereocenters. The predicted molar refractivity (Wildman–Crippen MR) is 165 cm³/mol. The van der Waals surface area contributed by atoms with Gasteiger partial charge in [-0.3, -0.25) is 0 Å². The van der Waals surface area contributed by atoms with Crippen LogP contribution in [-0.4, -0.2) is 25.9 Å². The maximum atomic E-state index is 13.0. The Hall–Kier alpha value is -2.34. The Labute approximate surface area is 307 Å². The van der Waals surface area contributed by atoms with E-state index in [4.69, 9.17) is 0 Å². The number of hydrogen-bond acceptors (Lipinski definition) is 6. The fraction of sp³-hybridized carbons (Fsp3) is 0.0857. The third-order valence-electron chi connectivity index (χ3n) is 7.72. The van der Waals surface area contributed by atoms with Crippen LogP contribution < -0.4 is 59.1 Å². The SMILES string of the molecule is O=S(=O)([O-])c1c(Cc2c(Cc3ccccc3)cc3ccccc3c2S(=O)(=O)[O-])c(Cc2ccccc2)cc2ccccc12.[Na+].[Na+]. The topological polar surface area (TPSA) is 114 Å². The molecule has 10 heteroatoms. The molecule has 45 heavy (non-hydrogen) atoms. The van der Waals surface area contributed by atoms with Crippen molar-refractivity contribution in [1.29, 1.82) is 0 Å². The third kappa shape index (κ3) is 7.80. The molecule has 0 amide bonds. The minimum absolute atomic E-state index is 0. The van der Waals surface area contributed by atoms with Crippen LogP contribution in [0.5, 0.6) is 0 Å². The standard InChI is InChI=1S/C35H28O6S2.2Na/c36-42(37,38)34-30-17-9-7-15-26(30)21-28(19-24-11-3-1-4-12-24)32(34)23-33-29(20-25-13-5-2-6-14-25)22-27-16-8-10-18-31(27)35(33)43(39,40)41;;/h1-18,21-22H,19-20,23H2,(H,36,37,38)(H,39,40,41);;/q;2*+1/p-2. The van der Waals surface area contributed by atoms with Crippen molar-refractivity contribution < 1.29 is 85.1 Å². The first kappa shape index (κ1) is 35.5. The number of fused-ring (bicyclic) bond motifs is 2. The zero-order chi connectivity index (χ0) is 30.2. The second-order valence-corrected chi connectivity index (χ2v) is 13.2. The average molecular weight is 653 g/mol. The zero-order valence-electron chi connectivity index (χ0n) is 24.9. The van der Waals surface area contributed by atoms with Crippen molar-refractivity contribution >= 4 is 41.8 Å². The van der Waals surface area contributed by atoms with Gasteiger partial charge >= 0.3 is 59.1 Å². The molecule has 0 atom stereocenters. The molecule has 0 bridgehead atoms. The second kappa shape index (κ2) is 14.6. The fourth-order valence-corrected chi connectivity index (χ4v) is 7.83. The fourth-order valence-electron chi connectivity index (χ4n) is 5.91. The van der Waals surface area contributed by atoms with E-state index in [0.29, 0.717) is 34.7 Å². The van der Waals surface area contributed by atoms with Crippen molar-refractivity contribution in [3.05, 3.63) is 155 Å². The Morgan fingerprint density at radius 3 is 1.13 bits per heavy atom. The first-order chi connectivity index (χ1) is 20.6. The molecule has 0 aromatic heterocycles. The van der Waals surface area contributed by atoms with Crippen LogP contribution in [0.1, 0.15) is 33.4 Å². The molecule has 0 aliphatic heterocycles. The van der Waals surface area contributed by atoms with Gasteiger partial charge in [-0.15, -0.1) is 0 Å². The van der Waals surface area contributed by atoms with Crippen molar-refractivity contribution in [3.8, 4) is 0 Å². The molecule has 0 spiro atoms. The molecule has 216 valence electrons. The molecule has 6 nitrogen and oxygen atoms in total. The van der Waals surface area contributed by atoms with Gasteiger partial charge in [0.25, 0.3) is 0 Å². The quantitative estimate of drug-likeness (QED) is 0.176. The molecule has 0 aliphatic carbocycles. The number of rotatable bonds is 8. The summed E-state index contributed by atoms with van der Waals surface area (Å²) in [7, 11) is -10.1. The molecule has 0 saturated carbocycles. The predicted octanol–water partition coefficient (Wildman–Crippen LogP) is 0.582. The molecular weight excluding hydrogens is 626 g/mol. The third-order valence-corrected chi connectivity index (χ3v) is 9.65. The molecule has 0 radical (unpaired) electrons. The van der Waals surface area contributed by atoms with E-state index in [0.717, 1.165) is 11.1 Å². The van der Waals surface area contributed by atoms with Crippen LogP contribution in [0, 0.1) is 0 Å². The molecule has 0 saturated heterocycles. The summed E-state index contributed by atoms with van der Waals surface area (Å²) < 4.78 is 78.0. The first-order valence-corrected chi connectivity index (χ1v) is 16.5. The molecular formula is C35H26Na2O6S2. The Morgan fingerprint density at radius 2 is 0.778 bits per heavy atom. The summed E-state index contributed by atoms with van der Waals surface area (Å²) in [5, 5.41) is 1.65. The second-order valence-electron chi connectivity index (χ2n) is 10.5. The van der Waals surface area contributed by atoms with Crippen LogP contribution in [0.3, 0.4) is 0 Å². The summed E-state index contributed by atoms with van der Waals surface area (Å²) in [4.78, 5) is -0.797. The van der Waals surface area contributed by atoms with E-state index in [9.17, 15) is 25.9 Å². The molecule has 0 fully saturated rings. The van der Waals surface area contributed by atoms with Gasteiger partial charge in [-0.2, -0.15) is 0 Å². The van der Waals surface area contributed by atoms with Gasteiger partial charge in [0.05, 0.1) is 9.79 Å². The van der Waals surface area contributed by atoms with Crippen molar-refractivity contribution in [1.82, 2.24) is 0 Å². The van der Waals surface area contributed by atoms with E-state index >= 15 is 0 Å². The van der Waals surface area contributed by atoms with Crippen LogP contribution in [0.4, 0.5) is 0 Å². The van der Waals surface area contributed by atoms with E-state index in [-0.39, 0.29) is 87.4 Å². The Balaban J connectivity index is 0.00000230. The minimum Gasteiger partial charge on any atom is -0.744 e. The van der Waals surface area contributed by atoms with Gasteiger partial charge in [-0.1, -0.05) is 121 Å². The van der Waals surface area contributed by atoms with Gasteiger partial charge in [0.1, 0.15) is 20.2 Å². The average Bonchev–Trinajstić information content (AvgIpc) is 2.97. The van der Waals surface area contributed by atoms with Gasteiger partial charge in [0.2, 0.25) is 0 Å². The number of benzene rings is 6. The normalized spacial score (nSPS) is 11.6. The summed E-state index contributed by atoms with van der Waals surface area (Å²) in [5.41, 5.74) is 3.26. The zero-order valence-corrected chi connectivity index (χ0v) is 30.6. The Bertz CT molecular complexity index is 2050. The van der Waals surface area contributed by atoms with Crippen LogP contribution in [0.15, 0.2) is 131 Å². The summed E-state index contributed by atoms with van der Waals surface area (Å²) >= 11 is 0. The van der Waals surface area contributed by atoms with Crippen molar-refractivity contribution in [2.24, 2.45) is 0 Å². The maximum Gasteiger partial charge on any atom is 1.00 e. The molecule has 0 aliphatic rings. The van der Waals surface area contributed by atoms with E-state index in [1.54, 1.807) is 48.5 Å². The van der Waals surface area contributed by atoms with Crippen molar-refractivity contribution in [3.63, 3.8) is 0 Å². The molecule has 6 aromatic carbocycles. The smallest absolute Gasteiger partial charge is 0.744 e. The van der Waals surface area contributed by atoms with Crippen molar-refractivity contribution in [2.75, 3.05) is 0 Å². The van der Waals surface area contributed by atoms with Crippen LogP contribution >= 0.6 is 0 Å². The van der Waals surface area contributed by atoms with Gasteiger partial charge in [0.15, 0.2) is 0 Å². The summed E-state index contributed by atoms with van der Waals surface area (Å²) in [6.45, 7) is 0. The van der Waals surface area contributed by atoms with E-state index in [1.165, 1.54) is 0 Å². The Kier molecular flexibility index (Phi) is 11.5. The van der Waals surface area contributed by atoms with Crippen molar-refractivity contribution in [2.45, 2.75) is 29.1 Å². The summed E-state index contributed by atoms with van der Waals surface area (Å²) in [6, 6.07) is 36.0. The molecule has 6 aromatic rings. The van der Waals surface area contributed by atoms with Crippen LogP contribution in [-0.2, 0) is 39.5 Å². The van der Waals surface area contributed by atoms with Gasteiger partial charge in [-0.05, 0) is 67.8 Å². The van der Waals surface area contributed by atoms with E-state index in [2.05, 4.69) is 0 Å². The number of hydrogen-bond donors (Lipinski definition) is 0. The van der Waals surface area contributed by atoms with Crippen LogP contribution in [0.25, 0.3) is 21.5 Å². The monoisotopic (exact) mass is 652 g/mol. The molecule has 6 rings (SSSR count). The minimum atomic E-state index is -5.04. The van der Waals surface area contributed by atoms with Gasteiger partial charge in [0, 0.05) is 6.42 Å². The molecule has 0 N–H and O–H groups in total.